The van der Waals surface area contributed by atoms with Crippen molar-refractivity contribution in [3.05, 3.63) is 65.5 Å². The number of carbonyl (C=O) groups excluding carboxylic acids is 1. The van der Waals surface area contributed by atoms with Crippen LogP contribution in [0.5, 0.6) is 0 Å². The second kappa shape index (κ2) is 10.2. The highest BCUT2D eigenvalue weighted by Crippen LogP contribution is 2.23. The Kier molecular flexibility index (Phi) is 7.67. The van der Waals surface area contributed by atoms with E-state index in [4.69, 9.17) is 0 Å². The Morgan fingerprint density at radius 2 is 1.71 bits per heavy atom. The molecule has 168 valence electrons. The molecule has 1 fully saturated rings. The van der Waals surface area contributed by atoms with Crippen molar-refractivity contribution in [1.29, 1.82) is 0 Å². The number of sulfonamides is 1. The van der Waals surface area contributed by atoms with E-state index in [1.165, 1.54) is 37.1 Å². The summed E-state index contributed by atoms with van der Waals surface area (Å²) in [7, 11) is -3.75. The molecule has 0 saturated carbocycles. The number of nitrogens with one attached hydrogen (secondary N) is 1. The fourth-order valence-corrected chi connectivity index (χ4v) is 5.23. The molecule has 0 aliphatic carbocycles. The molecule has 1 amide bonds. The molecule has 1 aliphatic rings. The minimum atomic E-state index is -3.75. The molecule has 0 unspecified atom stereocenters. The second-order valence-corrected chi connectivity index (χ2v) is 9.79. The Morgan fingerprint density at radius 1 is 1.10 bits per heavy atom. The number of hydrogen-bond donors (Lipinski definition) is 1. The summed E-state index contributed by atoms with van der Waals surface area (Å²) in [5.74, 6) is -0.850. The normalized spacial score (nSPS) is 15.6. The zero-order chi connectivity index (χ0) is 22.4. The van der Waals surface area contributed by atoms with Crippen LogP contribution >= 0.6 is 0 Å². The minimum Gasteiger partial charge on any atom is -0.350 e. The van der Waals surface area contributed by atoms with E-state index in [0.717, 1.165) is 41.3 Å². The van der Waals surface area contributed by atoms with E-state index < -0.39 is 21.9 Å². The average molecular weight is 448 g/mol. The van der Waals surface area contributed by atoms with Crippen LogP contribution in [-0.4, -0.2) is 44.6 Å². The highest BCUT2D eigenvalue weighted by atomic mass is 32.2. The fraction of sp³-hybridized carbons (Fsp3) is 0.435. The molecule has 2 aromatic rings. The zero-order valence-electron chi connectivity index (χ0n) is 18.1. The third-order valence-corrected chi connectivity index (χ3v) is 6.75. The minimum absolute atomic E-state index is 0.264. The number of anilines is 1. The predicted molar refractivity (Wildman–Crippen MR) is 121 cm³/mol. The van der Waals surface area contributed by atoms with Crippen molar-refractivity contribution < 1.29 is 17.6 Å². The van der Waals surface area contributed by atoms with E-state index in [2.05, 4.69) is 16.3 Å². The number of rotatable bonds is 9. The van der Waals surface area contributed by atoms with Crippen molar-refractivity contribution in [2.45, 2.75) is 45.3 Å². The summed E-state index contributed by atoms with van der Waals surface area (Å²) in [4.78, 5) is 15.4. The van der Waals surface area contributed by atoms with Gasteiger partial charge in [0.25, 0.3) is 0 Å². The summed E-state index contributed by atoms with van der Waals surface area (Å²) in [6.07, 6.45) is 3.76. The van der Waals surface area contributed by atoms with Crippen molar-refractivity contribution in [2.24, 2.45) is 0 Å². The first kappa shape index (κ1) is 23.2. The molecule has 31 heavy (non-hydrogen) atoms. The Bertz CT molecular complexity index is 989. The fourth-order valence-electron chi connectivity index (χ4n) is 4.01. The third kappa shape index (κ3) is 6.04. The average Bonchev–Trinajstić information content (AvgIpc) is 3.24. The number of hydrogen-bond acceptors (Lipinski definition) is 4. The van der Waals surface area contributed by atoms with Gasteiger partial charge in [-0.3, -0.25) is 14.0 Å². The van der Waals surface area contributed by atoms with Gasteiger partial charge in [-0.05, 0) is 67.7 Å². The molecule has 0 aromatic heterocycles. The van der Waals surface area contributed by atoms with Crippen molar-refractivity contribution in [3.8, 4) is 0 Å². The second-order valence-electron chi connectivity index (χ2n) is 7.93. The van der Waals surface area contributed by atoms with Crippen LogP contribution in [0.3, 0.4) is 0 Å². The molecule has 1 saturated heterocycles. The van der Waals surface area contributed by atoms with E-state index in [-0.39, 0.29) is 18.0 Å². The van der Waals surface area contributed by atoms with Gasteiger partial charge in [0.1, 0.15) is 11.9 Å². The first-order valence-electron chi connectivity index (χ1n) is 10.6. The number of benzene rings is 2. The molecule has 1 heterocycles. The molecule has 8 heteroatoms. The molecule has 1 aliphatic heterocycles. The lowest BCUT2D eigenvalue weighted by Gasteiger charge is -2.30. The number of carbonyl (C=O) groups is 1. The van der Waals surface area contributed by atoms with Crippen LogP contribution < -0.4 is 9.62 Å². The molecular weight excluding hydrogens is 417 g/mol. The van der Waals surface area contributed by atoms with Crippen LogP contribution in [0.4, 0.5) is 10.1 Å². The standard InChI is InChI=1S/C23H30FN3O3S/c1-3-22(27(31(2,29)30)21-12-10-20(24)11-13-21)23(28)25-16-18-8-4-5-9-19(18)17-26-14-6-7-15-26/h4-5,8-13,22H,3,6-7,14-17H2,1-2H3,(H,25,28)/t22-/m1/s1. The zero-order valence-corrected chi connectivity index (χ0v) is 18.9. The molecule has 0 spiro atoms. The summed E-state index contributed by atoms with van der Waals surface area (Å²) < 4.78 is 39.4. The topological polar surface area (TPSA) is 69.7 Å². The Morgan fingerprint density at radius 3 is 2.29 bits per heavy atom. The number of likely N-dealkylation sites (tertiary alicyclic amines) is 1. The Balaban J connectivity index is 1.75. The van der Waals surface area contributed by atoms with E-state index in [9.17, 15) is 17.6 Å². The van der Waals surface area contributed by atoms with Crippen molar-refractivity contribution >= 4 is 21.6 Å². The first-order chi connectivity index (χ1) is 14.8. The maximum Gasteiger partial charge on any atom is 0.244 e. The highest BCUT2D eigenvalue weighted by Gasteiger charge is 2.31. The smallest absolute Gasteiger partial charge is 0.244 e. The quantitative estimate of drug-likeness (QED) is 0.641. The van der Waals surface area contributed by atoms with Gasteiger partial charge < -0.3 is 5.32 Å². The van der Waals surface area contributed by atoms with Gasteiger partial charge in [-0.2, -0.15) is 0 Å². The van der Waals surface area contributed by atoms with Crippen LogP contribution in [0.15, 0.2) is 48.5 Å². The lowest BCUT2D eigenvalue weighted by Crippen LogP contribution is -2.49. The Hall–Kier alpha value is -2.45. The third-order valence-electron chi connectivity index (χ3n) is 5.57. The summed E-state index contributed by atoms with van der Waals surface area (Å²) >= 11 is 0. The number of halogens is 1. The Labute approximate surface area is 184 Å². The van der Waals surface area contributed by atoms with Crippen molar-refractivity contribution in [3.63, 3.8) is 0 Å². The van der Waals surface area contributed by atoms with Crippen LogP contribution in [-0.2, 0) is 27.9 Å². The SMILES string of the molecule is CC[C@H](C(=O)NCc1ccccc1CN1CCCC1)N(c1ccc(F)cc1)S(C)(=O)=O. The summed E-state index contributed by atoms with van der Waals surface area (Å²) in [5.41, 5.74) is 2.45. The van der Waals surface area contributed by atoms with Gasteiger partial charge in [0, 0.05) is 13.1 Å². The van der Waals surface area contributed by atoms with Gasteiger partial charge in [-0.1, -0.05) is 31.2 Å². The lowest BCUT2D eigenvalue weighted by atomic mass is 10.1. The van der Waals surface area contributed by atoms with E-state index in [1.807, 2.05) is 18.2 Å². The first-order valence-corrected chi connectivity index (χ1v) is 12.5. The van der Waals surface area contributed by atoms with Crippen LogP contribution in [0, 0.1) is 5.82 Å². The van der Waals surface area contributed by atoms with Gasteiger partial charge in [-0.25, -0.2) is 12.8 Å². The molecule has 0 bridgehead atoms. The summed E-state index contributed by atoms with van der Waals surface area (Å²) in [5, 5.41) is 2.91. The summed E-state index contributed by atoms with van der Waals surface area (Å²) in [6, 6.07) is 12.2. The largest absolute Gasteiger partial charge is 0.350 e. The molecule has 3 rings (SSSR count). The predicted octanol–water partition coefficient (Wildman–Crippen LogP) is 3.28. The van der Waals surface area contributed by atoms with Crippen LogP contribution in [0.2, 0.25) is 0 Å². The highest BCUT2D eigenvalue weighted by molar-refractivity contribution is 7.92. The van der Waals surface area contributed by atoms with E-state index >= 15 is 0 Å². The van der Waals surface area contributed by atoms with E-state index in [1.54, 1.807) is 6.92 Å². The van der Waals surface area contributed by atoms with Gasteiger partial charge in [-0.15, -0.1) is 0 Å². The maximum atomic E-state index is 13.3. The van der Waals surface area contributed by atoms with Gasteiger partial charge in [0.15, 0.2) is 0 Å². The van der Waals surface area contributed by atoms with E-state index in [0.29, 0.717) is 6.54 Å². The molecule has 6 nitrogen and oxygen atoms in total. The van der Waals surface area contributed by atoms with Crippen LogP contribution in [0.1, 0.15) is 37.3 Å². The number of nitrogens with zero attached hydrogens (tertiary/aromatic N) is 2. The number of amides is 1. The van der Waals surface area contributed by atoms with Crippen molar-refractivity contribution in [2.75, 3.05) is 23.7 Å². The molecule has 0 radical (unpaired) electrons. The maximum absolute atomic E-state index is 13.3. The van der Waals surface area contributed by atoms with Gasteiger partial charge in [0.2, 0.25) is 15.9 Å². The molecule has 1 N–H and O–H groups in total. The van der Waals surface area contributed by atoms with Crippen LogP contribution in [0.25, 0.3) is 0 Å². The molecular formula is C23H30FN3O3S. The van der Waals surface area contributed by atoms with Gasteiger partial charge >= 0.3 is 0 Å². The van der Waals surface area contributed by atoms with Crippen molar-refractivity contribution in [1.82, 2.24) is 10.2 Å². The monoisotopic (exact) mass is 447 g/mol. The lowest BCUT2D eigenvalue weighted by molar-refractivity contribution is -0.122. The summed E-state index contributed by atoms with van der Waals surface area (Å²) in [6.45, 7) is 5.08. The van der Waals surface area contributed by atoms with Gasteiger partial charge in [0.05, 0.1) is 11.9 Å². The molecule has 2 aromatic carbocycles. The molecule has 1 atom stereocenters.